The van der Waals surface area contributed by atoms with E-state index in [2.05, 4.69) is 18.8 Å². The van der Waals surface area contributed by atoms with Crippen LogP contribution >= 0.6 is 34.5 Å². The molecule has 2 N–H and O–H groups in total. The number of thiazole rings is 1. The molecular weight excluding hydrogens is 287 g/mol. The quantitative estimate of drug-likeness (QED) is 0.888. The number of hydrogen-bond acceptors (Lipinski definition) is 3. The monoisotopic (exact) mass is 300 g/mol. The summed E-state index contributed by atoms with van der Waals surface area (Å²) in [7, 11) is 0. The number of anilines is 1. The minimum atomic E-state index is 0.361. The third-order valence-corrected chi connectivity index (χ3v) is 4.14. The van der Waals surface area contributed by atoms with Crippen molar-refractivity contribution < 1.29 is 0 Å². The number of halogens is 2. The van der Waals surface area contributed by atoms with Gasteiger partial charge in [-0.05, 0) is 23.6 Å². The van der Waals surface area contributed by atoms with Crippen molar-refractivity contribution >= 4 is 39.7 Å². The van der Waals surface area contributed by atoms with E-state index in [9.17, 15) is 0 Å². The minimum Gasteiger partial charge on any atom is -0.375 e. The third kappa shape index (κ3) is 2.97. The molecule has 0 bridgehead atoms. The second-order valence-electron chi connectivity index (χ2n) is 4.43. The fourth-order valence-corrected chi connectivity index (χ4v) is 3.28. The molecule has 0 atom stereocenters. The van der Waals surface area contributed by atoms with Gasteiger partial charge in [-0.1, -0.05) is 43.1 Å². The number of hydrogen-bond donors (Lipinski definition) is 1. The van der Waals surface area contributed by atoms with Gasteiger partial charge in [0.2, 0.25) is 0 Å². The molecule has 1 heterocycles. The number of nitrogen functional groups attached to an aromatic ring is 1. The molecule has 96 valence electrons. The Kier molecular flexibility index (Phi) is 4.15. The molecule has 0 aliphatic heterocycles. The summed E-state index contributed by atoms with van der Waals surface area (Å²) in [5.41, 5.74) is 7.89. The molecule has 5 heteroatoms. The largest absolute Gasteiger partial charge is 0.375 e. The van der Waals surface area contributed by atoms with Crippen molar-refractivity contribution in [2.75, 3.05) is 5.73 Å². The van der Waals surface area contributed by atoms with Crippen molar-refractivity contribution in [2.45, 2.75) is 26.2 Å². The molecule has 0 saturated heterocycles. The Bertz CT molecular complexity index is 564. The number of rotatable bonds is 3. The maximum atomic E-state index is 6.19. The van der Waals surface area contributed by atoms with Gasteiger partial charge in [-0.25, -0.2) is 4.98 Å². The molecule has 0 aliphatic carbocycles. The van der Waals surface area contributed by atoms with Crippen molar-refractivity contribution in [2.24, 2.45) is 0 Å². The second-order valence-corrected chi connectivity index (χ2v) is 6.39. The van der Waals surface area contributed by atoms with Crippen LogP contribution in [0.15, 0.2) is 18.2 Å². The highest BCUT2D eigenvalue weighted by Crippen LogP contribution is 2.31. The van der Waals surface area contributed by atoms with Crippen molar-refractivity contribution in [1.29, 1.82) is 0 Å². The van der Waals surface area contributed by atoms with Crippen LogP contribution in [0.5, 0.6) is 0 Å². The Morgan fingerprint density at radius 3 is 2.67 bits per heavy atom. The number of benzene rings is 1. The van der Waals surface area contributed by atoms with E-state index in [0.29, 0.717) is 21.1 Å². The zero-order valence-electron chi connectivity index (χ0n) is 10.2. The average Bonchev–Trinajstić information content (AvgIpc) is 2.64. The Morgan fingerprint density at radius 2 is 2.06 bits per heavy atom. The molecule has 2 nitrogen and oxygen atoms in total. The lowest BCUT2D eigenvalue weighted by atomic mass is 10.0. The molecule has 1 aromatic heterocycles. The van der Waals surface area contributed by atoms with Gasteiger partial charge in [-0.15, -0.1) is 11.3 Å². The van der Waals surface area contributed by atoms with Gasteiger partial charge in [-0.3, -0.25) is 0 Å². The summed E-state index contributed by atoms with van der Waals surface area (Å²) in [6.07, 6.45) is 0.748. The third-order valence-electron chi connectivity index (χ3n) is 2.66. The van der Waals surface area contributed by atoms with Crippen molar-refractivity contribution in [3.63, 3.8) is 0 Å². The van der Waals surface area contributed by atoms with Crippen LogP contribution in [-0.2, 0) is 6.42 Å². The van der Waals surface area contributed by atoms with Crippen LogP contribution in [0.2, 0.25) is 10.0 Å². The van der Waals surface area contributed by atoms with Gasteiger partial charge in [-0.2, -0.15) is 0 Å². The van der Waals surface area contributed by atoms with E-state index >= 15 is 0 Å². The van der Waals surface area contributed by atoms with Gasteiger partial charge in [0, 0.05) is 21.3 Å². The lowest BCUT2D eigenvalue weighted by Crippen LogP contribution is -1.96. The maximum absolute atomic E-state index is 6.19. The molecule has 0 unspecified atom stereocenters. The first kappa shape index (κ1) is 13.7. The highest BCUT2D eigenvalue weighted by Gasteiger charge is 2.14. The summed E-state index contributed by atoms with van der Waals surface area (Å²) in [5.74, 6) is 0.361. The van der Waals surface area contributed by atoms with E-state index in [1.54, 1.807) is 6.07 Å². The summed E-state index contributed by atoms with van der Waals surface area (Å²) in [5, 5.41) is 1.94. The highest BCUT2D eigenvalue weighted by atomic mass is 35.5. The van der Waals surface area contributed by atoms with Crippen molar-refractivity contribution in [1.82, 2.24) is 4.98 Å². The van der Waals surface area contributed by atoms with Gasteiger partial charge in [0.1, 0.15) is 0 Å². The van der Waals surface area contributed by atoms with Crippen LogP contribution in [-0.4, -0.2) is 4.98 Å². The van der Waals surface area contributed by atoms with Crippen molar-refractivity contribution in [3.05, 3.63) is 44.4 Å². The topological polar surface area (TPSA) is 38.9 Å². The standard InChI is InChI=1S/C13H14Cl2N2S/c1-7(2)12-11(18-13(16)17-12)5-8-3-4-9(14)6-10(8)15/h3-4,6-7H,5H2,1-2H3,(H2,16,17). The fourth-order valence-electron chi connectivity index (χ4n) is 1.80. The first-order valence-corrected chi connectivity index (χ1v) is 7.23. The molecule has 0 spiro atoms. The zero-order chi connectivity index (χ0) is 13.3. The molecule has 0 aliphatic rings. The zero-order valence-corrected chi connectivity index (χ0v) is 12.5. The van der Waals surface area contributed by atoms with Crippen LogP contribution in [0.1, 0.15) is 35.9 Å². The van der Waals surface area contributed by atoms with E-state index in [-0.39, 0.29) is 0 Å². The summed E-state index contributed by atoms with van der Waals surface area (Å²) in [4.78, 5) is 5.55. The SMILES string of the molecule is CC(C)c1nc(N)sc1Cc1ccc(Cl)cc1Cl. The molecule has 0 fully saturated rings. The van der Waals surface area contributed by atoms with Crippen LogP contribution in [0, 0.1) is 0 Å². The smallest absolute Gasteiger partial charge is 0.180 e. The van der Waals surface area contributed by atoms with E-state index in [0.717, 1.165) is 17.7 Å². The number of nitrogens with two attached hydrogens (primary N) is 1. The van der Waals surface area contributed by atoms with Crippen LogP contribution in [0.3, 0.4) is 0 Å². The Balaban J connectivity index is 2.33. The van der Waals surface area contributed by atoms with Gasteiger partial charge < -0.3 is 5.73 Å². The highest BCUT2D eigenvalue weighted by molar-refractivity contribution is 7.15. The predicted octanol–water partition coefficient (Wildman–Crippen LogP) is 4.75. The van der Waals surface area contributed by atoms with E-state index in [1.165, 1.54) is 16.2 Å². The lowest BCUT2D eigenvalue weighted by Gasteiger charge is -2.07. The number of aromatic nitrogens is 1. The summed E-state index contributed by atoms with van der Waals surface area (Å²) in [6.45, 7) is 4.23. The molecule has 0 amide bonds. The van der Waals surface area contributed by atoms with Gasteiger partial charge >= 0.3 is 0 Å². The molecule has 2 aromatic rings. The Labute approximate surface area is 121 Å². The van der Waals surface area contributed by atoms with Crippen LogP contribution < -0.4 is 5.73 Å². The Hall–Kier alpha value is -0.770. The summed E-state index contributed by atoms with van der Waals surface area (Å²) < 4.78 is 0. The normalized spacial score (nSPS) is 11.2. The molecule has 2 rings (SSSR count). The first-order chi connectivity index (χ1) is 8.47. The predicted molar refractivity (Wildman–Crippen MR) is 79.9 cm³/mol. The molecule has 0 saturated carbocycles. The lowest BCUT2D eigenvalue weighted by molar-refractivity contribution is 0.820. The van der Waals surface area contributed by atoms with Gasteiger partial charge in [0.15, 0.2) is 5.13 Å². The van der Waals surface area contributed by atoms with Crippen molar-refractivity contribution in [3.8, 4) is 0 Å². The van der Waals surface area contributed by atoms with E-state index < -0.39 is 0 Å². The summed E-state index contributed by atoms with van der Waals surface area (Å²) >= 11 is 13.6. The summed E-state index contributed by atoms with van der Waals surface area (Å²) in [6, 6.07) is 5.56. The molecule has 1 aromatic carbocycles. The first-order valence-electron chi connectivity index (χ1n) is 5.66. The van der Waals surface area contributed by atoms with Gasteiger partial charge in [0.25, 0.3) is 0 Å². The van der Waals surface area contributed by atoms with Crippen LogP contribution in [0.25, 0.3) is 0 Å². The van der Waals surface area contributed by atoms with Crippen LogP contribution in [0.4, 0.5) is 5.13 Å². The average molecular weight is 301 g/mol. The molecule has 18 heavy (non-hydrogen) atoms. The maximum Gasteiger partial charge on any atom is 0.180 e. The molecular formula is C13H14Cl2N2S. The fraction of sp³-hybridized carbons (Fsp3) is 0.308. The second kappa shape index (κ2) is 5.47. The number of nitrogens with zero attached hydrogens (tertiary/aromatic N) is 1. The Morgan fingerprint density at radius 1 is 1.33 bits per heavy atom. The molecule has 0 radical (unpaired) electrons. The van der Waals surface area contributed by atoms with E-state index in [1.807, 2.05) is 12.1 Å². The van der Waals surface area contributed by atoms with Gasteiger partial charge in [0.05, 0.1) is 5.69 Å². The minimum absolute atomic E-state index is 0.361. The van der Waals surface area contributed by atoms with E-state index in [4.69, 9.17) is 28.9 Å².